The molecule has 0 bridgehead atoms. The fourth-order valence-electron chi connectivity index (χ4n) is 2.58. The van der Waals surface area contributed by atoms with Crippen LogP contribution >= 0.6 is 46.7 Å². The third-order valence-corrected chi connectivity index (χ3v) is 5.46. The summed E-state index contributed by atoms with van der Waals surface area (Å²) < 4.78 is 0. The van der Waals surface area contributed by atoms with E-state index in [2.05, 4.69) is 68.7 Å². The largest absolute Gasteiger partial charge is 0.354 e. The van der Waals surface area contributed by atoms with Crippen LogP contribution in [0.1, 0.15) is 30.3 Å². The van der Waals surface area contributed by atoms with Crippen LogP contribution in [0.4, 0.5) is 0 Å². The Morgan fingerprint density at radius 1 is 1.21 bits per heavy atom. The summed E-state index contributed by atoms with van der Waals surface area (Å²) in [6.45, 7) is 8.17. The molecule has 0 aromatic carbocycles. The third kappa shape index (κ3) is 6.34. The van der Waals surface area contributed by atoms with Crippen LogP contribution in [0.2, 0.25) is 0 Å². The van der Waals surface area contributed by atoms with Crippen molar-refractivity contribution in [3.05, 3.63) is 44.8 Å². The van der Waals surface area contributed by atoms with Crippen molar-refractivity contribution in [2.45, 2.75) is 26.4 Å². The highest BCUT2D eigenvalue weighted by Gasteiger charge is 2.18. The van der Waals surface area contributed by atoms with Gasteiger partial charge in [0.25, 0.3) is 0 Å². The maximum atomic E-state index is 4.33. The van der Waals surface area contributed by atoms with Crippen molar-refractivity contribution in [3.8, 4) is 0 Å². The fraction of sp³-hybridized carbons (Fsp3) is 0.471. The van der Waals surface area contributed by atoms with Gasteiger partial charge in [-0.25, -0.2) is 0 Å². The van der Waals surface area contributed by atoms with Crippen molar-refractivity contribution in [2.75, 3.05) is 26.7 Å². The van der Waals surface area contributed by atoms with Gasteiger partial charge >= 0.3 is 0 Å². The second kappa shape index (κ2) is 11.8. The standard InChI is InChI=1S/C17H26N4S2.HI/c1-4-21(5-2)16(14-8-10-22-13-14)12-20-17(18-3)19-11-15-7-6-9-23-15;/h6-10,13,16H,4-5,11-12H2,1-3H3,(H2,18,19,20);1H. The number of hydrogen-bond donors (Lipinski definition) is 2. The molecule has 2 heterocycles. The van der Waals surface area contributed by atoms with Gasteiger partial charge in [-0.05, 0) is 46.9 Å². The van der Waals surface area contributed by atoms with Crippen LogP contribution in [0.3, 0.4) is 0 Å². The molecule has 7 heteroatoms. The summed E-state index contributed by atoms with van der Waals surface area (Å²) in [5.74, 6) is 0.853. The minimum atomic E-state index is 0. The molecule has 0 spiro atoms. The van der Waals surface area contributed by atoms with E-state index in [0.29, 0.717) is 6.04 Å². The van der Waals surface area contributed by atoms with E-state index >= 15 is 0 Å². The Balaban J connectivity index is 0.00000288. The van der Waals surface area contributed by atoms with Crippen molar-refractivity contribution in [2.24, 2.45) is 4.99 Å². The molecule has 2 N–H and O–H groups in total. The summed E-state index contributed by atoms with van der Waals surface area (Å²) in [4.78, 5) is 8.12. The average Bonchev–Trinajstić information content (AvgIpc) is 3.27. The molecule has 4 nitrogen and oxygen atoms in total. The third-order valence-electron chi connectivity index (χ3n) is 3.88. The van der Waals surface area contributed by atoms with Gasteiger partial charge in [0, 0.05) is 18.5 Å². The number of hydrogen-bond acceptors (Lipinski definition) is 4. The van der Waals surface area contributed by atoms with Gasteiger partial charge in [-0.15, -0.1) is 35.3 Å². The van der Waals surface area contributed by atoms with E-state index in [1.807, 2.05) is 7.05 Å². The maximum absolute atomic E-state index is 4.33. The van der Waals surface area contributed by atoms with Gasteiger partial charge in [-0.1, -0.05) is 19.9 Å². The molecule has 0 saturated carbocycles. The highest BCUT2D eigenvalue weighted by Crippen LogP contribution is 2.22. The summed E-state index contributed by atoms with van der Waals surface area (Å²) >= 11 is 3.51. The lowest BCUT2D eigenvalue weighted by Crippen LogP contribution is -2.42. The lowest BCUT2D eigenvalue weighted by Gasteiger charge is -2.30. The van der Waals surface area contributed by atoms with Gasteiger partial charge in [0.05, 0.1) is 12.6 Å². The molecule has 134 valence electrons. The number of aliphatic imine (C=N–C) groups is 1. The van der Waals surface area contributed by atoms with Gasteiger partial charge in [0.1, 0.15) is 0 Å². The molecular formula is C17H27IN4S2. The van der Waals surface area contributed by atoms with Gasteiger partial charge in [-0.3, -0.25) is 9.89 Å². The maximum Gasteiger partial charge on any atom is 0.191 e. The van der Waals surface area contributed by atoms with Crippen molar-refractivity contribution in [1.82, 2.24) is 15.5 Å². The summed E-state index contributed by atoms with van der Waals surface area (Å²) in [7, 11) is 1.82. The highest BCUT2D eigenvalue weighted by molar-refractivity contribution is 14.0. The molecule has 2 rings (SSSR count). The highest BCUT2D eigenvalue weighted by atomic mass is 127. The second-order valence-electron chi connectivity index (χ2n) is 5.18. The molecule has 0 aliphatic heterocycles. The number of rotatable bonds is 8. The van der Waals surface area contributed by atoms with Gasteiger partial charge in [-0.2, -0.15) is 11.3 Å². The zero-order chi connectivity index (χ0) is 16.5. The van der Waals surface area contributed by atoms with Gasteiger partial charge < -0.3 is 10.6 Å². The molecule has 0 saturated heterocycles. The van der Waals surface area contributed by atoms with E-state index in [9.17, 15) is 0 Å². The molecule has 2 aromatic heterocycles. The smallest absolute Gasteiger partial charge is 0.191 e. The summed E-state index contributed by atoms with van der Waals surface area (Å²) in [5, 5.41) is 13.3. The summed E-state index contributed by atoms with van der Waals surface area (Å²) in [6, 6.07) is 6.80. The number of nitrogens with zero attached hydrogens (tertiary/aromatic N) is 2. The van der Waals surface area contributed by atoms with Crippen molar-refractivity contribution < 1.29 is 0 Å². The van der Waals surface area contributed by atoms with E-state index in [0.717, 1.165) is 32.1 Å². The Labute approximate surface area is 170 Å². The van der Waals surface area contributed by atoms with Crippen LogP contribution in [-0.2, 0) is 6.54 Å². The Morgan fingerprint density at radius 3 is 2.54 bits per heavy atom. The number of likely N-dealkylation sites (N-methyl/N-ethyl adjacent to an activating group) is 1. The minimum Gasteiger partial charge on any atom is -0.354 e. The van der Waals surface area contributed by atoms with Crippen LogP contribution in [0.25, 0.3) is 0 Å². The van der Waals surface area contributed by atoms with Crippen molar-refractivity contribution in [3.63, 3.8) is 0 Å². The first-order chi connectivity index (χ1) is 11.3. The second-order valence-corrected chi connectivity index (χ2v) is 6.99. The van der Waals surface area contributed by atoms with E-state index in [4.69, 9.17) is 0 Å². The van der Waals surface area contributed by atoms with Crippen LogP contribution in [0.15, 0.2) is 39.3 Å². The average molecular weight is 478 g/mol. The topological polar surface area (TPSA) is 39.7 Å². The number of guanidine groups is 1. The number of nitrogens with one attached hydrogen (secondary N) is 2. The molecule has 0 radical (unpaired) electrons. The molecule has 1 atom stereocenters. The number of thiophene rings is 2. The van der Waals surface area contributed by atoms with E-state index in [-0.39, 0.29) is 24.0 Å². The lowest BCUT2D eigenvalue weighted by molar-refractivity contribution is 0.219. The van der Waals surface area contributed by atoms with Crippen LogP contribution in [0, 0.1) is 0 Å². The SMILES string of the molecule is CCN(CC)C(CNC(=NC)NCc1cccs1)c1ccsc1.I. The van der Waals surface area contributed by atoms with Crippen LogP contribution in [0.5, 0.6) is 0 Å². The lowest BCUT2D eigenvalue weighted by atomic mass is 10.1. The Bertz CT molecular complexity index is 565. The number of halogens is 1. The first kappa shape index (κ1) is 21.4. The first-order valence-corrected chi connectivity index (χ1v) is 9.83. The normalized spacial score (nSPS) is 12.8. The van der Waals surface area contributed by atoms with Gasteiger partial charge in [0.2, 0.25) is 0 Å². The Kier molecular flexibility index (Phi) is 10.6. The van der Waals surface area contributed by atoms with Crippen LogP contribution < -0.4 is 10.6 Å². The quantitative estimate of drug-likeness (QED) is 0.340. The molecule has 0 aliphatic rings. The van der Waals surface area contributed by atoms with Crippen molar-refractivity contribution >= 4 is 52.6 Å². The van der Waals surface area contributed by atoms with E-state index < -0.39 is 0 Å². The Hall–Kier alpha value is -0.640. The van der Waals surface area contributed by atoms with Crippen molar-refractivity contribution in [1.29, 1.82) is 0 Å². The van der Waals surface area contributed by atoms with E-state index in [1.54, 1.807) is 22.7 Å². The monoisotopic (exact) mass is 478 g/mol. The van der Waals surface area contributed by atoms with Crippen LogP contribution in [-0.4, -0.2) is 37.5 Å². The molecule has 24 heavy (non-hydrogen) atoms. The molecule has 1 unspecified atom stereocenters. The predicted molar refractivity (Wildman–Crippen MR) is 118 cm³/mol. The minimum absolute atomic E-state index is 0. The van der Waals surface area contributed by atoms with Gasteiger partial charge in [0.15, 0.2) is 5.96 Å². The molecule has 0 aliphatic carbocycles. The fourth-order valence-corrected chi connectivity index (χ4v) is 3.94. The molecule has 0 amide bonds. The van der Waals surface area contributed by atoms with E-state index in [1.165, 1.54) is 10.4 Å². The first-order valence-electron chi connectivity index (χ1n) is 8.01. The summed E-state index contributed by atoms with van der Waals surface area (Å²) in [5.41, 5.74) is 1.37. The summed E-state index contributed by atoms with van der Waals surface area (Å²) in [6.07, 6.45) is 0. The zero-order valence-corrected chi connectivity index (χ0v) is 18.5. The Morgan fingerprint density at radius 2 is 2.00 bits per heavy atom. The molecular weight excluding hydrogens is 451 g/mol. The molecule has 2 aromatic rings. The predicted octanol–water partition coefficient (Wildman–Crippen LogP) is 4.18. The zero-order valence-electron chi connectivity index (χ0n) is 14.5. The molecule has 0 fully saturated rings.